The van der Waals surface area contributed by atoms with Crippen LogP contribution in [0.2, 0.25) is 0 Å². The number of carbonyl (C=O) groups is 2. The summed E-state index contributed by atoms with van der Waals surface area (Å²) < 4.78 is 0. The minimum absolute atomic E-state index is 0.0141. The normalized spacial score (nSPS) is 24.0. The Bertz CT molecular complexity index is 547. The molecule has 0 spiro atoms. The van der Waals surface area contributed by atoms with Gasteiger partial charge in [0.2, 0.25) is 5.91 Å². The van der Waals surface area contributed by atoms with Gasteiger partial charge >= 0.3 is 0 Å². The lowest BCUT2D eigenvalue weighted by Crippen LogP contribution is -2.48. The molecule has 3 rings (SSSR count). The summed E-state index contributed by atoms with van der Waals surface area (Å²) in [7, 11) is 0. The van der Waals surface area contributed by atoms with Gasteiger partial charge < -0.3 is 10.2 Å². The van der Waals surface area contributed by atoms with Crippen molar-refractivity contribution < 1.29 is 9.59 Å². The fourth-order valence-electron chi connectivity index (χ4n) is 3.43. The number of hydrogen-bond acceptors (Lipinski definition) is 2. The number of anilines is 1. The molecule has 0 bridgehead atoms. The second-order valence-corrected chi connectivity index (χ2v) is 6.07. The van der Waals surface area contributed by atoms with E-state index in [1.807, 2.05) is 23.1 Å². The first-order chi connectivity index (χ1) is 10.2. The van der Waals surface area contributed by atoms with E-state index in [-0.39, 0.29) is 17.9 Å². The summed E-state index contributed by atoms with van der Waals surface area (Å²) in [6.45, 7) is 1.77. The monoisotopic (exact) mass is 286 g/mol. The fourth-order valence-corrected chi connectivity index (χ4v) is 3.43. The van der Waals surface area contributed by atoms with Gasteiger partial charge in [0, 0.05) is 6.04 Å². The van der Waals surface area contributed by atoms with E-state index in [4.69, 9.17) is 0 Å². The molecular formula is C17H22N2O2. The maximum Gasteiger partial charge on any atom is 0.254 e. The Hall–Kier alpha value is -1.84. The van der Waals surface area contributed by atoms with Crippen molar-refractivity contribution in [2.24, 2.45) is 0 Å². The average molecular weight is 286 g/mol. The topological polar surface area (TPSA) is 49.4 Å². The zero-order valence-corrected chi connectivity index (χ0v) is 12.5. The Balaban J connectivity index is 2.04. The van der Waals surface area contributed by atoms with Gasteiger partial charge in [0.15, 0.2) is 0 Å². The minimum Gasteiger partial charge on any atom is -0.340 e. The molecule has 0 aromatic heterocycles. The van der Waals surface area contributed by atoms with Crippen LogP contribution >= 0.6 is 0 Å². The van der Waals surface area contributed by atoms with Crippen LogP contribution in [0.3, 0.4) is 0 Å². The van der Waals surface area contributed by atoms with Gasteiger partial charge in [0.05, 0.1) is 11.3 Å². The molecule has 1 N–H and O–H groups in total. The highest BCUT2D eigenvalue weighted by Crippen LogP contribution is 2.31. The van der Waals surface area contributed by atoms with Crippen molar-refractivity contribution in [1.82, 2.24) is 5.32 Å². The molecule has 1 saturated carbocycles. The number of nitrogens with one attached hydrogen (secondary N) is 1. The van der Waals surface area contributed by atoms with Gasteiger partial charge in [-0.3, -0.25) is 9.59 Å². The zero-order valence-electron chi connectivity index (χ0n) is 12.5. The van der Waals surface area contributed by atoms with E-state index >= 15 is 0 Å². The summed E-state index contributed by atoms with van der Waals surface area (Å²) in [6.07, 6.45) is 6.86. The lowest BCUT2D eigenvalue weighted by molar-refractivity contribution is -0.120. The number of para-hydroxylation sites is 1. The molecule has 1 unspecified atom stereocenters. The van der Waals surface area contributed by atoms with Crippen LogP contribution in [0.15, 0.2) is 24.3 Å². The van der Waals surface area contributed by atoms with Crippen molar-refractivity contribution in [1.29, 1.82) is 0 Å². The number of rotatable bonds is 1. The Labute approximate surface area is 125 Å². The van der Waals surface area contributed by atoms with Gasteiger partial charge in [-0.25, -0.2) is 0 Å². The van der Waals surface area contributed by atoms with Crippen molar-refractivity contribution in [2.75, 3.05) is 4.90 Å². The molecule has 2 amide bonds. The smallest absolute Gasteiger partial charge is 0.254 e. The van der Waals surface area contributed by atoms with Gasteiger partial charge in [-0.1, -0.05) is 37.8 Å². The molecule has 1 atom stereocenters. The molecule has 1 aromatic carbocycles. The molecule has 2 aliphatic rings. The highest BCUT2D eigenvalue weighted by molar-refractivity contribution is 6.11. The summed E-state index contributed by atoms with van der Waals surface area (Å²) >= 11 is 0. The third-order valence-corrected chi connectivity index (χ3v) is 4.55. The lowest BCUT2D eigenvalue weighted by atomic mass is 10.0. The van der Waals surface area contributed by atoms with Crippen molar-refractivity contribution in [3.63, 3.8) is 0 Å². The summed E-state index contributed by atoms with van der Waals surface area (Å²) in [5.41, 5.74) is 1.38. The first-order valence-electron chi connectivity index (χ1n) is 7.91. The molecule has 1 heterocycles. The SMILES string of the molecule is CC1NC(=O)c2ccccc2N(C2CCCCCC2)C1=O. The Kier molecular flexibility index (Phi) is 3.95. The maximum atomic E-state index is 12.8. The van der Waals surface area contributed by atoms with Crippen molar-refractivity contribution >= 4 is 17.5 Å². The van der Waals surface area contributed by atoms with Crippen LogP contribution in [0.5, 0.6) is 0 Å². The molecule has 1 fully saturated rings. The molecule has 0 saturated heterocycles. The van der Waals surface area contributed by atoms with Gasteiger partial charge in [0.25, 0.3) is 5.91 Å². The fraction of sp³-hybridized carbons (Fsp3) is 0.529. The van der Waals surface area contributed by atoms with Gasteiger partial charge in [-0.2, -0.15) is 0 Å². The van der Waals surface area contributed by atoms with Gasteiger partial charge in [0.1, 0.15) is 6.04 Å². The van der Waals surface area contributed by atoms with Crippen LogP contribution in [0.25, 0.3) is 0 Å². The third-order valence-electron chi connectivity index (χ3n) is 4.55. The number of amides is 2. The van der Waals surface area contributed by atoms with Crippen LogP contribution in [0.1, 0.15) is 55.8 Å². The summed E-state index contributed by atoms with van der Waals surface area (Å²) in [6, 6.07) is 7.21. The van der Waals surface area contributed by atoms with E-state index < -0.39 is 6.04 Å². The standard InChI is InChI=1S/C17H22N2O2/c1-12-17(21)19(13-8-4-2-3-5-9-13)15-11-7-6-10-14(15)16(20)18-12/h6-7,10-13H,2-5,8-9H2,1H3,(H,18,20). The predicted molar refractivity (Wildman–Crippen MR) is 82.3 cm³/mol. The van der Waals surface area contributed by atoms with Crippen LogP contribution < -0.4 is 10.2 Å². The molecule has 1 aliphatic carbocycles. The summed E-state index contributed by atoms with van der Waals surface area (Å²) in [4.78, 5) is 26.9. The molecule has 4 heteroatoms. The quantitative estimate of drug-likeness (QED) is 0.807. The van der Waals surface area contributed by atoms with Crippen LogP contribution in [-0.4, -0.2) is 23.9 Å². The average Bonchev–Trinajstić information content (AvgIpc) is 2.80. The molecule has 1 aliphatic heterocycles. The van der Waals surface area contributed by atoms with E-state index in [1.165, 1.54) is 12.8 Å². The molecule has 0 radical (unpaired) electrons. The van der Waals surface area contributed by atoms with E-state index in [2.05, 4.69) is 5.32 Å². The van der Waals surface area contributed by atoms with Gasteiger partial charge in [-0.15, -0.1) is 0 Å². The predicted octanol–water partition coefficient (Wildman–Crippen LogP) is 2.87. The Morgan fingerprint density at radius 2 is 1.71 bits per heavy atom. The maximum absolute atomic E-state index is 12.8. The second-order valence-electron chi connectivity index (χ2n) is 6.07. The van der Waals surface area contributed by atoms with Crippen LogP contribution in [0.4, 0.5) is 5.69 Å². The molecule has 4 nitrogen and oxygen atoms in total. The molecule has 1 aromatic rings. The first-order valence-corrected chi connectivity index (χ1v) is 7.91. The third kappa shape index (κ3) is 2.67. The largest absolute Gasteiger partial charge is 0.340 e. The van der Waals surface area contributed by atoms with Gasteiger partial charge in [-0.05, 0) is 31.9 Å². The number of fused-ring (bicyclic) bond motifs is 1. The highest BCUT2D eigenvalue weighted by atomic mass is 16.2. The van der Waals surface area contributed by atoms with Crippen molar-refractivity contribution in [3.8, 4) is 0 Å². The van der Waals surface area contributed by atoms with Crippen LogP contribution in [-0.2, 0) is 4.79 Å². The van der Waals surface area contributed by atoms with Crippen LogP contribution in [0, 0.1) is 0 Å². The van der Waals surface area contributed by atoms with E-state index in [0.29, 0.717) is 5.56 Å². The second kappa shape index (κ2) is 5.88. The molecular weight excluding hydrogens is 264 g/mol. The van der Waals surface area contributed by atoms with E-state index in [1.54, 1.807) is 13.0 Å². The Morgan fingerprint density at radius 3 is 2.43 bits per heavy atom. The highest BCUT2D eigenvalue weighted by Gasteiger charge is 2.35. The number of hydrogen-bond donors (Lipinski definition) is 1. The first kappa shape index (κ1) is 14.1. The summed E-state index contributed by atoms with van der Waals surface area (Å²) in [5, 5.41) is 2.80. The molecule has 21 heavy (non-hydrogen) atoms. The van der Waals surface area contributed by atoms with E-state index in [9.17, 15) is 9.59 Å². The van der Waals surface area contributed by atoms with Crippen molar-refractivity contribution in [3.05, 3.63) is 29.8 Å². The Morgan fingerprint density at radius 1 is 1.05 bits per heavy atom. The molecule has 112 valence electrons. The lowest BCUT2D eigenvalue weighted by Gasteiger charge is -2.32. The number of carbonyl (C=O) groups excluding carboxylic acids is 2. The van der Waals surface area contributed by atoms with Crippen molar-refractivity contribution in [2.45, 2.75) is 57.5 Å². The zero-order chi connectivity index (χ0) is 14.8. The number of nitrogens with zero attached hydrogens (tertiary/aromatic N) is 1. The number of benzene rings is 1. The van der Waals surface area contributed by atoms with E-state index in [0.717, 1.165) is 31.4 Å². The summed E-state index contributed by atoms with van der Waals surface area (Å²) in [5.74, 6) is -0.136. The minimum atomic E-state index is -0.465.